The summed E-state index contributed by atoms with van der Waals surface area (Å²) in [4.78, 5) is 6.24. The van der Waals surface area contributed by atoms with Gasteiger partial charge in [-0.15, -0.1) is 0 Å². The van der Waals surface area contributed by atoms with Gasteiger partial charge in [0.25, 0.3) is 0 Å². The predicted molar refractivity (Wildman–Crippen MR) is 34.0 cm³/mol. The molecule has 0 saturated heterocycles. The lowest BCUT2D eigenvalue weighted by Crippen LogP contribution is -2.28. The van der Waals surface area contributed by atoms with Gasteiger partial charge in [0.15, 0.2) is 0 Å². The van der Waals surface area contributed by atoms with E-state index in [1.54, 1.807) is 0 Å². The van der Waals surface area contributed by atoms with Gasteiger partial charge in [0, 0.05) is 13.6 Å². The molecule has 0 bridgehead atoms. The average Bonchev–Trinajstić information content (AvgIpc) is 2.14. The first-order valence-corrected chi connectivity index (χ1v) is 2.79. The van der Waals surface area contributed by atoms with Gasteiger partial charge in [-0.25, -0.2) is 0 Å². The number of aliphatic imine (C=N–C) groups is 1. The van der Waals surface area contributed by atoms with Crippen LogP contribution in [0, 0.1) is 0 Å². The lowest BCUT2D eigenvalue weighted by Gasteiger charge is -2.10. The Morgan fingerprint density at radius 3 is 2.88 bits per heavy atom. The minimum absolute atomic E-state index is 0.580. The average molecular weight is 113 g/mol. The maximum absolute atomic E-state index is 5.35. The highest BCUT2D eigenvalue weighted by atomic mass is 15.2. The van der Waals surface area contributed by atoms with Crippen molar-refractivity contribution in [1.29, 1.82) is 0 Å². The number of hydrogen-bond donors (Lipinski definition) is 1. The van der Waals surface area contributed by atoms with Gasteiger partial charge >= 0.3 is 0 Å². The highest BCUT2D eigenvalue weighted by molar-refractivity contribution is 5.85. The molecule has 1 aliphatic rings. The van der Waals surface area contributed by atoms with Crippen molar-refractivity contribution in [2.75, 3.05) is 26.7 Å². The number of likely N-dealkylation sites (N-methyl/N-ethyl adjacent to an activating group) is 1. The van der Waals surface area contributed by atoms with Crippen molar-refractivity contribution in [3.8, 4) is 0 Å². The topological polar surface area (TPSA) is 41.6 Å². The van der Waals surface area contributed by atoms with Gasteiger partial charge in [0.05, 0.1) is 13.1 Å². The summed E-state index contributed by atoms with van der Waals surface area (Å²) in [6.07, 6.45) is 0. The highest BCUT2D eigenvalue weighted by Gasteiger charge is 2.08. The van der Waals surface area contributed by atoms with Gasteiger partial charge < -0.3 is 10.6 Å². The summed E-state index contributed by atoms with van der Waals surface area (Å²) >= 11 is 0. The zero-order chi connectivity index (χ0) is 5.98. The zero-order valence-electron chi connectivity index (χ0n) is 5.09. The molecule has 0 fully saturated rings. The molecule has 0 aromatic rings. The molecule has 0 spiro atoms. The van der Waals surface area contributed by atoms with E-state index in [1.165, 1.54) is 0 Å². The van der Waals surface area contributed by atoms with Gasteiger partial charge in [-0.05, 0) is 0 Å². The highest BCUT2D eigenvalue weighted by Crippen LogP contribution is 1.94. The van der Waals surface area contributed by atoms with Gasteiger partial charge in [0.2, 0.25) is 0 Å². The van der Waals surface area contributed by atoms with Gasteiger partial charge in [0.1, 0.15) is 5.84 Å². The molecule has 2 N–H and O–H groups in total. The molecule has 0 aromatic carbocycles. The number of nitrogens with two attached hydrogens (primary N) is 1. The van der Waals surface area contributed by atoms with E-state index in [0.29, 0.717) is 6.54 Å². The number of hydrogen-bond acceptors (Lipinski definition) is 3. The summed E-state index contributed by atoms with van der Waals surface area (Å²) in [5.41, 5.74) is 5.35. The second kappa shape index (κ2) is 2.13. The molecule has 0 aliphatic carbocycles. The Kier molecular flexibility index (Phi) is 1.48. The van der Waals surface area contributed by atoms with E-state index in [4.69, 9.17) is 5.73 Å². The fourth-order valence-electron chi connectivity index (χ4n) is 0.799. The molecule has 0 radical (unpaired) electrons. The molecule has 3 heteroatoms. The fraction of sp³-hybridized carbons (Fsp3) is 0.800. The van der Waals surface area contributed by atoms with Crippen molar-refractivity contribution < 1.29 is 0 Å². The summed E-state index contributed by atoms with van der Waals surface area (Å²) in [6.45, 7) is 2.53. The fourth-order valence-corrected chi connectivity index (χ4v) is 0.799. The van der Waals surface area contributed by atoms with Gasteiger partial charge in [-0.3, -0.25) is 4.99 Å². The summed E-state index contributed by atoms with van der Waals surface area (Å²) < 4.78 is 0. The van der Waals surface area contributed by atoms with Crippen molar-refractivity contribution in [2.24, 2.45) is 10.7 Å². The quantitative estimate of drug-likeness (QED) is 0.488. The Morgan fingerprint density at radius 2 is 2.62 bits per heavy atom. The van der Waals surface area contributed by atoms with Crippen LogP contribution in [0.2, 0.25) is 0 Å². The van der Waals surface area contributed by atoms with Crippen LogP contribution in [-0.4, -0.2) is 37.4 Å². The Balaban J connectivity index is 2.49. The van der Waals surface area contributed by atoms with E-state index in [-0.39, 0.29) is 0 Å². The van der Waals surface area contributed by atoms with Crippen molar-refractivity contribution in [3.63, 3.8) is 0 Å². The standard InChI is InChI=1S/C5H11N3/c1-8-3-2-7-5(8)4-6/h2-4,6H2,1H3. The van der Waals surface area contributed by atoms with Gasteiger partial charge in [-0.1, -0.05) is 0 Å². The van der Waals surface area contributed by atoms with Crippen LogP contribution in [-0.2, 0) is 0 Å². The minimum atomic E-state index is 0.580. The summed E-state index contributed by atoms with van der Waals surface area (Å²) in [7, 11) is 2.01. The molecule has 1 rings (SSSR count). The Hall–Kier alpha value is -0.570. The van der Waals surface area contributed by atoms with E-state index in [1.807, 2.05) is 7.05 Å². The van der Waals surface area contributed by atoms with Crippen LogP contribution in [0.3, 0.4) is 0 Å². The molecule has 46 valence electrons. The summed E-state index contributed by atoms with van der Waals surface area (Å²) in [5, 5.41) is 0. The number of amidine groups is 1. The zero-order valence-corrected chi connectivity index (χ0v) is 5.09. The number of rotatable bonds is 1. The van der Waals surface area contributed by atoms with E-state index in [9.17, 15) is 0 Å². The third-order valence-electron chi connectivity index (χ3n) is 1.35. The molecule has 0 amide bonds. The van der Waals surface area contributed by atoms with Crippen LogP contribution >= 0.6 is 0 Å². The molecule has 0 aromatic heterocycles. The van der Waals surface area contributed by atoms with Crippen molar-refractivity contribution in [3.05, 3.63) is 0 Å². The lowest BCUT2D eigenvalue weighted by atomic mass is 10.5. The first-order chi connectivity index (χ1) is 3.84. The lowest BCUT2D eigenvalue weighted by molar-refractivity contribution is 0.550. The molecule has 1 heterocycles. The summed E-state index contributed by atoms with van der Waals surface area (Å²) in [6, 6.07) is 0. The smallest absolute Gasteiger partial charge is 0.113 e. The molecule has 8 heavy (non-hydrogen) atoms. The Bertz CT molecular complexity index is 108. The van der Waals surface area contributed by atoms with Crippen LogP contribution < -0.4 is 5.73 Å². The Labute approximate surface area is 49.2 Å². The monoisotopic (exact) mass is 113 g/mol. The van der Waals surface area contributed by atoms with E-state index in [2.05, 4.69) is 9.89 Å². The van der Waals surface area contributed by atoms with Crippen LogP contribution in [0.1, 0.15) is 0 Å². The Morgan fingerprint density at radius 1 is 1.88 bits per heavy atom. The first kappa shape index (κ1) is 5.56. The van der Waals surface area contributed by atoms with E-state index >= 15 is 0 Å². The van der Waals surface area contributed by atoms with E-state index < -0.39 is 0 Å². The van der Waals surface area contributed by atoms with Crippen molar-refractivity contribution in [2.45, 2.75) is 0 Å². The largest absolute Gasteiger partial charge is 0.361 e. The maximum atomic E-state index is 5.35. The SMILES string of the molecule is CN1CCN=C1CN. The molecule has 1 aliphatic heterocycles. The molecule has 0 atom stereocenters. The van der Waals surface area contributed by atoms with Crippen LogP contribution in [0.15, 0.2) is 4.99 Å². The summed E-state index contributed by atoms with van der Waals surface area (Å²) in [5.74, 6) is 1.03. The van der Waals surface area contributed by atoms with Crippen molar-refractivity contribution >= 4 is 5.84 Å². The second-order valence-corrected chi connectivity index (χ2v) is 1.92. The second-order valence-electron chi connectivity index (χ2n) is 1.92. The molecule has 0 saturated carbocycles. The molecular formula is C5H11N3. The maximum Gasteiger partial charge on any atom is 0.113 e. The number of nitrogens with zero attached hydrogens (tertiary/aromatic N) is 2. The molecule has 0 unspecified atom stereocenters. The third kappa shape index (κ3) is 0.816. The molecule has 3 nitrogen and oxygen atoms in total. The van der Waals surface area contributed by atoms with Crippen molar-refractivity contribution in [1.82, 2.24) is 4.90 Å². The molecular weight excluding hydrogens is 102 g/mol. The van der Waals surface area contributed by atoms with Crippen LogP contribution in [0.4, 0.5) is 0 Å². The minimum Gasteiger partial charge on any atom is -0.361 e. The predicted octanol–water partition coefficient (Wildman–Crippen LogP) is -0.711. The van der Waals surface area contributed by atoms with Crippen LogP contribution in [0.5, 0.6) is 0 Å². The van der Waals surface area contributed by atoms with E-state index in [0.717, 1.165) is 18.9 Å². The van der Waals surface area contributed by atoms with Gasteiger partial charge in [-0.2, -0.15) is 0 Å². The first-order valence-electron chi connectivity index (χ1n) is 2.79. The normalized spacial score (nSPS) is 19.2. The third-order valence-corrected chi connectivity index (χ3v) is 1.35. The van der Waals surface area contributed by atoms with Crippen LogP contribution in [0.25, 0.3) is 0 Å².